The van der Waals surface area contributed by atoms with Crippen LogP contribution in [0.3, 0.4) is 0 Å². The second-order valence-electron chi connectivity index (χ2n) is 31.3. The van der Waals surface area contributed by atoms with Crippen molar-refractivity contribution in [3.05, 3.63) is 11.6 Å². The Hall–Kier alpha value is -1.99. The maximum Gasteiger partial charge on any atom is 0.315 e. The summed E-state index contributed by atoms with van der Waals surface area (Å²) in [5.74, 6) is -1.05. The average molecular weight is 1400 g/mol. The molecule has 4 saturated carbocycles. The van der Waals surface area contributed by atoms with E-state index in [9.17, 15) is 97.0 Å². The number of fused-ring (bicyclic) bond motifs is 7. The lowest BCUT2D eigenvalue weighted by molar-refractivity contribution is -0.390. The van der Waals surface area contributed by atoms with E-state index in [-0.39, 0.29) is 35.2 Å². The van der Waals surface area contributed by atoms with E-state index >= 15 is 4.79 Å². The Labute approximate surface area is 561 Å². The Morgan fingerprint density at radius 1 is 0.495 bits per heavy atom. The fraction of sp³-hybridized carbons (Fsp3) is 0.954. The van der Waals surface area contributed by atoms with Crippen LogP contribution in [0, 0.1) is 50.2 Å². The molecule has 6 aliphatic heterocycles. The highest BCUT2D eigenvalue weighted by molar-refractivity contribution is 5.79. The molecule has 11 aliphatic rings. The zero-order chi connectivity index (χ0) is 70.7. The highest BCUT2D eigenvalue weighted by Crippen LogP contribution is 2.76. The number of hydrogen-bond acceptors (Lipinski definition) is 32. The van der Waals surface area contributed by atoms with Crippen molar-refractivity contribution in [3.8, 4) is 0 Å². The highest BCUT2D eigenvalue weighted by Gasteiger charge is 2.71. The molecule has 11 rings (SSSR count). The summed E-state index contributed by atoms with van der Waals surface area (Å²) < 4.78 is 71.2. The number of ether oxygens (including phenoxy) is 12. The van der Waals surface area contributed by atoms with Gasteiger partial charge in [-0.25, -0.2) is 0 Å². The van der Waals surface area contributed by atoms with Gasteiger partial charge < -0.3 is 154 Å². The van der Waals surface area contributed by atoms with E-state index in [0.717, 1.165) is 12.0 Å². The molecule has 6 saturated heterocycles. The van der Waals surface area contributed by atoms with Crippen molar-refractivity contribution >= 4 is 5.97 Å². The molecule has 10 fully saturated rings. The zero-order valence-electron chi connectivity index (χ0n) is 55.7. The molecule has 1 unspecified atom stereocenters. The van der Waals surface area contributed by atoms with Gasteiger partial charge in [0.25, 0.3) is 0 Å². The average Bonchev–Trinajstić information content (AvgIpc) is 0.675. The molecule has 0 spiro atoms. The van der Waals surface area contributed by atoms with E-state index in [1.807, 2.05) is 6.92 Å². The first-order chi connectivity index (χ1) is 45.6. The topological polar surface area (TPSA) is 512 Å². The number of aliphatic hydroxyl groups excluding tert-OH is 19. The molecule has 6 heterocycles. The number of hydrogen-bond donors (Lipinski definition) is 19. The van der Waals surface area contributed by atoms with Crippen LogP contribution in [0.5, 0.6) is 0 Å². The van der Waals surface area contributed by atoms with E-state index in [1.165, 1.54) is 6.92 Å². The first-order valence-electron chi connectivity index (χ1n) is 34.3. The minimum atomic E-state index is -2.06. The van der Waals surface area contributed by atoms with Crippen molar-refractivity contribution in [3.63, 3.8) is 0 Å². The van der Waals surface area contributed by atoms with Gasteiger partial charge in [-0.3, -0.25) is 4.79 Å². The third kappa shape index (κ3) is 13.2. The fourth-order valence-corrected chi connectivity index (χ4v) is 19.0. The lowest BCUT2D eigenvalue weighted by atomic mass is 9.33. The van der Waals surface area contributed by atoms with Gasteiger partial charge in [0.15, 0.2) is 31.5 Å². The molecule has 0 radical (unpaired) electrons. The maximum absolute atomic E-state index is 15.2. The molecular formula is C65H106O32. The fourth-order valence-electron chi connectivity index (χ4n) is 19.0. The second-order valence-corrected chi connectivity index (χ2v) is 31.3. The van der Waals surface area contributed by atoms with Crippen molar-refractivity contribution in [1.29, 1.82) is 0 Å². The summed E-state index contributed by atoms with van der Waals surface area (Å²) in [5.41, 5.74) is -2.30. The van der Waals surface area contributed by atoms with E-state index in [2.05, 4.69) is 40.7 Å². The lowest BCUT2D eigenvalue weighted by Gasteiger charge is -2.71. The van der Waals surface area contributed by atoms with Crippen LogP contribution >= 0.6 is 0 Å². The second kappa shape index (κ2) is 28.8. The Kier molecular flexibility index (Phi) is 22.6. The molecule has 0 aromatic rings. The SMILES string of the molecule is C[C@@H]1O[C@@H](O[C@H]2[C@H](O[C@H]3CC[C@@]4(C)C(CC[C@]5(C)[C@@H]4CC=C4[C@H]6CC(C)(C)CC[C@]6(C(=O)O[C@@H]6O[C@H](CO[C@@H]7O[C@H](CO)[C@@H](O)[C@H](O)[C@H]7O)[C@@H](O)[C@H](O)[C@H]6O)CC[C@]45C)[C@]3(C)CO)OC[C@H](O)[C@@H]2O)[C@H](O)[C@H](O[C@@H]2O[C@H](CO)[C@@H](O[C@@H]3O[C@H](CO)[C@@H](O)[C@H](O)[C@H]3O)[C@H](O)[C@H]2O)[C@H]1O. The van der Waals surface area contributed by atoms with E-state index in [4.69, 9.17) is 56.8 Å². The molecule has 558 valence electrons. The quantitative estimate of drug-likeness (QED) is 0.0366. The number of allylic oxidation sites excluding steroid dienone is 2. The van der Waals surface area contributed by atoms with Gasteiger partial charge in [-0.15, -0.1) is 0 Å². The van der Waals surface area contributed by atoms with Crippen LogP contribution in [0.15, 0.2) is 11.6 Å². The molecule has 0 amide bonds. The van der Waals surface area contributed by atoms with Crippen LogP contribution < -0.4 is 0 Å². The number of carbonyl (C=O) groups is 1. The van der Waals surface area contributed by atoms with Crippen molar-refractivity contribution in [2.45, 2.75) is 297 Å². The van der Waals surface area contributed by atoms with E-state index in [1.54, 1.807) is 0 Å². The molecule has 97 heavy (non-hydrogen) atoms. The molecule has 32 heteroatoms. The maximum atomic E-state index is 15.2. The van der Waals surface area contributed by atoms with Crippen molar-refractivity contribution in [2.75, 3.05) is 39.6 Å². The van der Waals surface area contributed by atoms with Crippen LogP contribution in [0.25, 0.3) is 0 Å². The minimum absolute atomic E-state index is 0.0526. The first kappa shape index (κ1) is 76.1. The standard InChI is InChI=1S/C65H106O32/c1-25-36(71)51(95-55-48(83)44(79)50(31(21-68)91-55)94-54-46(81)42(77)39(74)30(20-67)90-54)49(84)57(88-25)96-52-37(72)28(70)22-86-58(52)93-35-11-12-61(4)33(62(35,5)24-69)10-13-64(7)34(61)9-8-26-27-18-60(2,3)14-16-65(27,17-15-63(26,64)6)59(85)97-56-47(82)43(78)40(75)32(92-56)23-87-53-45(80)41(76)38(73)29(19-66)89-53/h8,25,27-58,66-84H,9-24H2,1-7H3/t25-,27+,28-,29+,30+,31+,32+,33?,34+,35-,36-,37-,38+,39+,40+,41-,42-,43-,44+,45+,46+,47+,48+,49+,50+,51+,52+,53+,54-,55-,56-,57-,58-,61-,62-,63+,64+,65-/m0/s1. The third-order valence-corrected chi connectivity index (χ3v) is 25.3. The van der Waals surface area contributed by atoms with Crippen LogP contribution in [0.1, 0.15) is 113 Å². The van der Waals surface area contributed by atoms with Crippen LogP contribution in [-0.2, 0) is 61.6 Å². The predicted octanol–water partition coefficient (Wildman–Crippen LogP) is -5.75. The summed E-state index contributed by atoms with van der Waals surface area (Å²) in [4.78, 5) is 15.2. The lowest BCUT2D eigenvalue weighted by Crippen LogP contribution is -2.67. The third-order valence-electron chi connectivity index (χ3n) is 25.3. The molecule has 0 aromatic carbocycles. The Morgan fingerprint density at radius 2 is 1.03 bits per heavy atom. The van der Waals surface area contributed by atoms with Crippen molar-refractivity contribution < 1.29 is 159 Å². The normalized spacial score (nSPS) is 54.7. The highest BCUT2D eigenvalue weighted by atomic mass is 16.8. The zero-order valence-corrected chi connectivity index (χ0v) is 55.7. The monoisotopic (exact) mass is 1400 g/mol. The summed E-state index contributed by atoms with van der Waals surface area (Å²) >= 11 is 0. The molecule has 38 atom stereocenters. The molecular weight excluding hydrogens is 1290 g/mol. The van der Waals surface area contributed by atoms with Crippen LogP contribution in [0.4, 0.5) is 0 Å². The number of esters is 1. The molecule has 19 N–H and O–H groups in total. The molecule has 0 bridgehead atoms. The van der Waals surface area contributed by atoms with Crippen molar-refractivity contribution in [2.24, 2.45) is 50.2 Å². The summed E-state index contributed by atoms with van der Waals surface area (Å²) in [7, 11) is 0. The number of aliphatic hydroxyl groups is 19. The summed E-state index contributed by atoms with van der Waals surface area (Å²) in [6.45, 7) is 10.9. The van der Waals surface area contributed by atoms with Gasteiger partial charge in [0, 0.05) is 5.41 Å². The van der Waals surface area contributed by atoms with Gasteiger partial charge in [0.1, 0.15) is 134 Å². The van der Waals surface area contributed by atoms with Crippen molar-refractivity contribution in [1.82, 2.24) is 0 Å². The van der Waals surface area contributed by atoms with Gasteiger partial charge >= 0.3 is 5.97 Å². The number of rotatable bonds is 17. The van der Waals surface area contributed by atoms with Gasteiger partial charge in [-0.05, 0) is 111 Å². The van der Waals surface area contributed by atoms with Crippen LogP contribution in [0.2, 0.25) is 0 Å². The molecule has 0 aromatic heterocycles. The Bertz CT molecular complexity index is 2710. The largest absolute Gasteiger partial charge is 0.432 e. The van der Waals surface area contributed by atoms with Gasteiger partial charge in [-0.1, -0.05) is 53.2 Å². The summed E-state index contributed by atoms with van der Waals surface area (Å²) in [5, 5.41) is 206. The van der Waals surface area contributed by atoms with E-state index in [0.29, 0.717) is 57.8 Å². The molecule has 5 aliphatic carbocycles. The smallest absolute Gasteiger partial charge is 0.315 e. The van der Waals surface area contributed by atoms with Gasteiger partial charge in [0.05, 0.1) is 57.3 Å². The summed E-state index contributed by atoms with van der Waals surface area (Å²) in [6.07, 6.45) is -42.2. The first-order valence-corrected chi connectivity index (χ1v) is 34.3. The van der Waals surface area contributed by atoms with E-state index < -0.39 is 245 Å². The Morgan fingerprint density at radius 3 is 1.66 bits per heavy atom. The van der Waals surface area contributed by atoms with Gasteiger partial charge in [-0.2, -0.15) is 0 Å². The predicted molar refractivity (Wildman–Crippen MR) is 322 cm³/mol. The number of carbonyl (C=O) groups excluding carboxylic acids is 1. The minimum Gasteiger partial charge on any atom is -0.432 e. The van der Waals surface area contributed by atoms with Crippen LogP contribution in [-0.4, -0.2) is 327 Å². The van der Waals surface area contributed by atoms with Gasteiger partial charge in [0.2, 0.25) is 6.29 Å². The summed E-state index contributed by atoms with van der Waals surface area (Å²) in [6, 6.07) is 0. The molecule has 32 nitrogen and oxygen atoms in total. The Balaban J connectivity index is 0.772.